The van der Waals surface area contributed by atoms with Crippen LogP contribution in [0, 0.1) is 5.92 Å². The van der Waals surface area contributed by atoms with E-state index in [1.54, 1.807) is 34.9 Å². The largest absolute Gasteiger partial charge is 0.480 e. The Labute approximate surface area is 174 Å². The minimum atomic E-state index is -1.03. The van der Waals surface area contributed by atoms with Gasteiger partial charge in [-0.25, -0.2) is 4.79 Å². The summed E-state index contributed by atoms with van der Waals surface area (Å²) in [5.74, 6) is -1.66. The van der Waals surface area contributed by atoms with Crippen LogP contribution in [0.15, 0.2) is 30.3 Å². The summed E-state index contributed by atoms with van der Waals surface area (Å²) in [6, 6.07) is 7.76. The molecule has 1 atom stereocenters. The third-order valence-corrected chi connectivity index (χ3v) is 4.77. The number of carboxylic acid groups (broad SMARTS) is 2. The van der Waals surface area contributed by atoms with Gasteiger partial charge in [0.1, 0.15) is 11.7 Å². The predicted molar refractivity (Wildman–Crippen MR) is 110 cm³/mol. The van der Waals surface area contributed by atoms with Crippen molar-refractivity contribution in [3.63, 3.8) is 0 Å². The number of rotatable bonds is 10. The van der Waals surface area contributed by atoms with Crippen molar-refractivity contribution in [3.8, 4) is 0 Å². The van der Waals surface area contributed by atoms with Crippen LogP contribution in [0.3, 0.4) is 0 Å². The second kappa shape index (κ2) is 9.96. The van der Waals surface area contributed by atoms with Crippen molar-refractivity contribution in [1.82, 2.24) is 9.88 Å². The first-order valence-corrected chi connectivity index (χ1v) is 9.75. The van der Waals surface area contributed by atoms with Crippen molar-refractivity contribution in [2.45, 2.75) is 39.3 Å². The van der Waals surface area contributed by atoms with Gasteiger partial charge < -0.3 is 20.1 Å². The standard InChI is InChI=1S/C20H24Cl2N2O4/c1-12(2)7-17(19(25)26)23-6-5-16-3-4-18(20(27)28)24(16)11-13-8-14(21)10-15(22)9-13/h3-4,8-10,12,17,23H,5-7,11H2,1-2H3,(H,25,26)(H,27,28)/t17-/m0/s1. The van der Waals surface area contributed by atoms with Gasteiger partial charge in [-0.1, -0.05) is 37.0 Å². The third kappa shape index (κ3) is 6.26. The number of hydrogen-bond donors (Lipinski definition) is 3. The minimum absolute atomic E-state index is 0.156. The molecule has 2 aromatic rings. The molecule has 0 saturated heterocycles. The quantitative estimate of drug-likeness (QED) is 0.529. The van der Waals surface area contributed by atoms with Gasteiger partial charge in [-0.15, -0.1) is 0 Å². The van der Waals surface area contributed by atoms with E-state index in [1.807, 2.05) is 13.8 Å². The van der Waals surface area contributed by atoms with Gasteiger partial charge in [-0.3, -0.25) is 4.79 Å². The summed E-state index contributed by atoms with van der Waals surface area (Å²) in [4.78, 5) is 23.0. The van der Waals surface area contributed by atoms with Gasteiger partial charge in [0.25, 0.3) is 0 Å². The average molecular weight is 427 g/mol. The molecule has 0 unspecified atom stereocenters. The average Bonchev–Trinajstić information content (AvgIpc) is 2.95. The Morgan fingerprint density at radius 2 is 1.75 bits per heavy atom. The molecule has 0 fully saturated rings. The molecule has 0 bridgehead atoms. The van der Waals surface area contributed by atoms with Gasteiger partial charge >= 0.3 is 11.9 Å². The molecule has 1 heterocycles. The first kappa shape index (κ1) is 22.3. The fourth-order valence-electron chi connectivity index (χ4n) is 3.10. The van der Waals surface area contributed by atoms with Crippen molar-refractivity contribution in [2.75, 3.05) is 6.54 Å². The van der Waals surface area contributed by atoms with Crippen LogP contribution in [0.4, 0.5) is 0 Å². The molecule has 28 heavy (non-hydrogen) atoms. The Balaban J connectivity index is 2.16. The van der Waals surface area contributed by atoms with Crippen LogP contribution in [0.5, 0.6) is 0 Å². The zero-order valence-corrected chi connectivity index (χ0v) is 17.3. The number of nitrogens with zero attached hydrogens (tertiary/aromatic N) is 1. The molecule has 0 aliphatic heterocycles. The molecule has 3 N–H and O–H groups in total. The highest BCUT2D eigenvalue weighted by molar-refractivity contribution is 6.34. The molecule has 2 rings (SSSR count). The van der Waals surface area contributed by atoms with E-state index in [0.717, 1.165) is 11.3 Å². The molecular formula is C20H24Cl2N2O4. The monoisotopic (exact) mass is 426 g/mol. The molecule has 0 radical (unpaired) electrons. The van der Waals surface area contributed by atoms with Gasteiger partial charge in [0.2, 0.25) is 0 Å². The number of carboxylic acids is 2. The predicted octanol–water partition coefficient (Wildman–Crippen LogP) is 4.17. The second-order valence-electron chi connectivity index (χ2n) is 7.10. The summed E-state index contributed by atoms with van der Waals surface area (Å²) in [6.07, 6.45) is 1.02. The van der Waals surface area contributed by atoms with Crippen LogP contribution in [-0.4, -0.2) is 39.3 Å². The van der Waals surface area contributed by atoms with Crippen molar-refractivity contribution in [1.29, 1.82) is 0 Å². The smallest absolute Gasteiger partial charge is 0.352 e. The van der Waals surface area contributed by atoms with E-state index in [-0.39, 0.29) is 11.6 Å². The Bertz CT molecular complexity index is 828. The van der Waals surface area contributed by atoms with Crippen molar-refractivity contribution < 1.29 is 19.8 Å². The van der Waals surface area contributed by atoms with E-state index in [2.05, 4.69) is 5.32 Å². The first-order valence-electron chi connectivity index (χ1n) is 9.00. The minimum Gasteiger partial charge on any atom is -0.480 e. The summed E-state index contributed by atoms with van der Waals surface area (Å²) in [5, 5.41) is 22.8. The summed E-state index contributed by atoms with van der Waals surface area (Å²) >= 11 is 12.1. The van der Waals surface area contributed by atoms with Gasteiger partial charge in [0.05, 0.1) is 0 Å². The fraction of sp³-hybridized carbons (Fsp3) is 0.400. The van der Waals surface area contributed by atoms with E-state index >= 15 is 0 Å². The van der Waals surface area contributed by atoms with Crippen LogP contribution in [0.2, 0.25) is 10.0 Å². The highest BCUT2D eigenvalue weighted by Gasteiger charge is 2.19. The number of halogens is 2. The molecule has 1 aromatic heterocycles. The zero-order valence-electron chi connectivity index (χ0n) is 15.8. The van der Waals surface area contributed by atoms with E-state index in [9.17, 15) is 19.8 Å². The van der Waals surface area contributed by atoms with E-state index in [0.29, 0.717) is 36.0 Å². The second-order valence-corrected chi connectivity index (χ2v) is 7.98. The lowest BCUT2D eigenvalue weighted by Gasteiger charge is -2.17. The molecule has 0 spiro atoms. The lowest BCUT2D eigenvalue weighted by Crippen LogP contribution is -2.39. The van der Waals surface area contributed by atoms with E-state index in [1.165, 1.54) is 0 Å². The summed E-state index contributed by atoms with van der Waals surface area (Å²) < 4.78 is 1.68. The lowest BCUT2D eigenvalue weighted by atomic mass is 10.0. The van der Waals surface area contributed by atoms with Gasteiger partial charge in [0, 0.05) is 35.2 Å². The zero-order chi connectivity index (χ0) is 20.8. The van der Waals surface area contributed by atoms with Crippen LogP contribution >= 0.6 is 23.2 Å². The summed E-state index contributed by atoms with van der Waals surface area (Å²) in [7, 11) is 0. The summed E-state index contributed by atoms with van der Waals surface area (Å²) in [6.45, 7) is 4.66. The molecule has 8 heteroatoms. The van der Waals surface area contributed by atoms with Gasteiger partial charge in [-0.05, 0) is 48.2 Å². The Hall–Kier alpha value is -2.02. The van der Waals surface area contributed by atoms with E-state index in [4.69, 9.17) is 23.2 Å². The molecule has 0 aliphatic rings. The number of nitrogens with one attached hydrogen (secondary N) is 1. The molecule has 0 aliphatic carbocycles. The maximum absolute atomic E-state index is 11.6. The molecular weight excluding hydrogens is 403 g/mol. The van der Waals surface area contributed by atoms with Crippen LogP contribution in [0.1, 0.15) is 42.0 Å². The number of aromatic carboxylic acids is 1. The van der Waals surface area contributed by atoms with Crippen LogP contribution in [0.25, 0.3) is 0 Å². The molecule has 1 aromatic carbocycles. The number of aliphatic carboxylic acids is 1. The topological polar surface area (TPSA) is 91.6 Å². The van der Waals surface area contributed by atoms with Crippen LogP contribution in [-0.2, 0) is 17.8 Å². The number of benzene rings is 1. The van der Waals surface area contributed by atoms with Crippen molar-refractivity contribution in [3.05, 3.63) is 57.3 Å². The Kier molecular flexibility index (Phi) is 7.92. The van der Waals surface area contributed by atoms with E-state index < -0.39 is 18.0 Å². The lowest BCUT2D eigenvalue weighted by molar-refractivity contribution is -0.139. The Morgan fingerprint density at radius 1 is 1.11 bits per heavy atom. The summed E-state index contributed by atoms with van der Waals surface area (Å²) in [5.41, 5.74) is 1.73. The molecule has 6 nitrogen and oxygen atoms in total. The van der Waals surface area contributed by atoms with Crippen molar-refractivity contribution in [2.24, 2.45) is 5.92 Å². The normalized spacial score (nSPS) is 12.3. The molecule has 0 amide bonds. The molecule has 0 saturated carbocycles. The highest BCUT2D eigenvalue weighted by Crippen LogP contribution is 2.21. The molecule has 152 valence electrons. The third-order valence-electron chi connectivity index (χ3n) is 4.33. The number of hydrogen-bond acceptors (Lipinski definition) is 3. The first-order chi connectivity index (χ1) is 13.2. The fourth-order valence-corrected chi connectivity index (χ4v) is 3.67. The van der Waals surface area contributed by atoms with Crippen LogP contribution < -0.4 is 5.32 Å². The number of aromatic nitrogens is 1. The SMILES string of the molecule is CC(C)C[C@H](NCCc1ccc(C(=O)O)n1Cc1cc(Cl)cc(Cl)c1)C(=O)O. The maximum atomic E-state index is 11.6. The maximum Gasteiger partial charge on any atom is 0.352 e. The van der Waals surface area contributed by atoms with Gasteiger partial charge in [-0.2, -0.15) is 0 Å². The Morgan fingerprint density at radius 3 is 2.29 bits per heavy atom. The number of carbonyl (C=O) groups is 2. The highest BCUT2D eigenvalue weighted by atomic mass is 35.5. The van der Waals surface area contributed by atoms with Gasteiger partial charge in [0.15, 0.2) is 0 Å². The van der Waals surface area contributed by atoms with Crippen molar-refractivity contribution >= 4 is 35.1 Å².